The maximum absolute atomic E-state index is 9.36. The third-order valence-electron chi connectivity index (χ3n) is 2.11. The molecule has 0 amide bonds. The summed E-state index contributed by atoms with van der Waals surface area (Å²) in [6.45, 7) is 1.57. The molecule has 13 heavy (non-hydrogen) atoms. The first kappa shape index (κ1) is 9.14. The van der Waals surface area contributed by atoms with Crippen molar-refractivity contribution in [2.24, 2.45) is 0 Å². The first-order valence-corrected chi connectivity index (χ1v) is 5.24. The summed E-state index contributed by atoms with van der Waals surface area (Å²) in [5.41, 5.74) is 0. The van der Waals surface area contributed by atoms with E-state index in [0.29, 0.717) is 6.54 Å². The molecule has 1 saturated heterocycles. The Kier molecular flexibility index (Phi) is 2.63. The van der Waals surface area contributed by atoms with Crippen molar-refractivity contribution in [3.63, 3.8) is 0 Å². The highest BCUT2D eigenvalue weighted by atomic mass is 127. The van der Waals surface area contributed by atoms with Crippen LogP contribution in [0.4, 0.5) is 5.82 Å². The highest BCUT2D eigenvalue weighted by Gasteiger charge is 2.22. The minimum atomic E-state index is -0.203. The number of anilines is 1. The van der Waals surface area contributed by atoms with Gasteiger partial charge in [0.1, 0.15) is 12.1 Å². The lowest BCUT2D eigenvalue weighted by Gasteiger charge is -2.16. The van der Waals surface area contributed by atoms with E-state index >= 15 is 0 Å². The van der Waals surface area contributed by atoms with E-state index in [2.05, 4.69) is 37.5 Å². The van der Waals surface area contributed by atoms with Gasteiger partial charge in [0.25, 0.3) is 0 Å². The van der Waals surface area contributed by atoms with E-state index in [4.69, 9.17) is 0 Å². The second-order valence-corrected chi connectivity index (χ2v) is 4.24. The van der Waals surface area contributed by atoms with E-state index in [0.717, 1.165) is 22.4 Å². The quantitative estimate of drug-likeness (QED) is 0.772. The zero-order chi connectivity index (χ0) is 9.26. The van der Waals surface area contributed by atoms with Gasteiger partial charge in [-0.3, -0.25) is 0 Å². The minimum Gasteiger partial charge on any atom is -0.391 e. The smallest absolute Gasteiger partial charge is 0.145 e. The standard InChI is InChI=1S/C8H10IN3O/c9-7-3-10-5-11-8(7)12-2-1-6(13)4-12/h3,5-6,13H,1-2,4H2/t6-/m1/s1. The van der Waals surface area contributed by atoms with Crippen molar-refractivity contribution in [3.8, 4) is 0 Å². The first-order chi connectivity index (χ1) is 6.27. The van der Waals surface area contributed by atoms with Crippen LogP contribution in [0.5, 0.6) is 0 Å². The van der Waals surface area contributed by atoms with Gasteiger partial charge in [0, 0.05) is 19.3 Å². The highest BCUT2D eigenvalue weighted by Crippen LogP contribution is 2.22. The molecule has 0 radical (unpaired) electrons. The summed E-state index contributed by atoms with van der Waals surface area (Å²) in [7, 11) is 0. The number of rotatable bonds is 1. The Morgan fingerprint density at radius 2 is 2.46 bits per heavy atom. The van der Waals surface area contributed by atoms with Gasteiger partial charge in [0.05, 0.1) is 9.67 Å². The van der Waals surface area contributed by atoms with E-state index in [1.807, 2.05) is 0 Å². The summed E-state index contributed by atoms with van der Waals surface area (Å²) >= 11 is 2.21. The Bertz CT molecular complexity index is 307. The van der Waals surface area contributed by atoms with Crippen LogP contribution in [0.2, 0.25) is 0 Å². The van der Waals surface area contributed by atoms with E-state index in [1.54, 1.807) is 12.5 Å². The molecule has 1 aliphatic rings. The Balaban J connectivity index is 2.21. The van der Waals surface area contributed by atoms with Crippen LogP contribution >= 0.6 is 22.6 Å². The fraction of sp³-hybridized carbons (Fsp3) is 0.500. The summed E-state index contributed by atoms with van der Waals surface area (Å²) in [4.78, 5) is 10.2. The van der Waals surface area contributed by atoms with Crippen molar-refractivity contribution in [1.82, 2.24) is 9.97 Å². The molecule has 0 bridgehead atoms. The minimum absolute atomic E-state index is 0.203. The molecule has 2 heterocycles. The summed E-state index contributed by atoms with van der Waals surface area (Å²) in [5, 5.41) is 9.36. The van der Waals surface area contributed by atoms with E-state index < -0.39 is 0 Å². The van der Waals surface area contributed by atoms with Gasteiger partial charge in [-0.05, 0) is 29.0 Å². The van der Waals surface area contributed by atoms with Crippen LogP contribution in [0.1, 0.15) is 6.42 Å². The number of aliphatic hydroxyl groups excluding tert-OH is 1. The number of aliphatic hydroxyl groups is 1. The normalized spacial score (nSPS) is 22.3. The topological polar surface area (TPSA) is 49.2 Å². The molecule has 1 aliphatic heterocycles. The fourth-order valence-electron chi connectivity index (χ4n) is 1.47. The Labute approximate surface area is 90.1 Å². The Hall–Kier alpha value is -0.430. The molecule has 1 atom stereocenters. The zero-order valence-electron chi connectivity index (χ0n) is 7.02. The molecule has 0 aliphatic carbocycles. The molecular formula is C8H10IN3O. The van der Waals surface area contributed by atoms with Gasteiger partial charge in [0.15, 0.2) is 0 Å². The number of hydrogen-bond donors (Lipinski definition) is 1. The molecular weight excluding hydrogens is 281 g/mol. The Morgan fingerprint density at radius 3 is 3.08 bits per heavy atom. The highest BCUT2D eigenvalue weighted by molar-refractivity contribution is 14.1. The number of hydrogen-bond acceptors (Lipinski definition) is 4. The zero-order valence-corrected chi connectivity index (χ0v) is 9.18. The summed E-state index contributed by atoms with van der Waals surface area (Å²) < 4.78 is 1.04. The number of β-amino-alcohol motifs (C(OH)–C–C–N with tert-alkyl or cyclic N) is 1. The second-order valence-electron chi connectivity index (χ2n) is 3.08. The third kappa shape index (κ3) is 1.91. The van der Waals surface area contributed by atoms with Gasteiger partial charge in [-0.15, -0.1) is 0 Å². The maximum atomic E-state index is 9.36. The van der Waals surface area contributed by atoms with Crippen LogP contribution < -0.4 is 4.90 Å². The van der Waals surface area contributed by atoms with Crippen molar-refractivity contribution < 1.29 is 5.11 Å². The van der Waals surface area contributed by atoms with Crippen molar-refractivity contribution in [2.75, 3.05) is 18.0 Å². The maximum Gasteiger partial charge on any atom is 0.145 e. The van der Waals surface area contributed by atoms with Crippen LogP contribution in [-0.4, -0.2) is 34.3 Å². The molecule has 0 spiro atoms. The molecule has 5 heteroatoms. The monoisotopic (exact) mass is 291 g/mol. The molecule has 2 rings (SSSR count). The largest absolute Gasteiger partial charge is 0.391 e. The molecule has 1 aromatic heterocycles. The summed E-state index contributed by atoms with van der Waals surface area (Å²) in [6, 6.07) is 0. The van der Waals surface area contributed by atoms with Gasteiger partial charge in [-0.25, -0.2) is 9.97 Å². The van der Waals surface area contributed by atoms with E-state index in [-0.39, 0.29) is 6.10 Å². The first-order valence-electron chi connectivity index (χ1n) is 4.16. The number of halogens is 1. The van der Waals surface area contributed by atoms with Crippen LogP contribution in [-0.2, 0) is 0 Å². The summed E-state index contributed by atoms with van der Waals surface area (Å²) in [6.07, 6.45) is 3.96. The lowest BCUT2D eigenvalue weighted by molar-refractivity contribution is 0.198. The van der Waals surface area contributed by atoms with Crippen molar-refractivity contribution in [1.29, 1.82) is 0 Å². The molecule has 1 fully saturated rings. The molecule has 70 valence electrons. The third-order valence-corrected chi connectivity index (χ3v) is 2.87. The molecule has 1 N–H and O–H groups in total. The average molecular weight is 291 g/mol. The van der Waals surface area contributed by atoms with Gasteiger partial charge >= 0.3 is 0 Å². The fourth-order valence-corrected chi connectivity index (χ4v) is 2.11. The van der Waals surface area contributed by atoms with Crippen molar-refractivity contribution in [3.05, 3.63) is 16.1 Å². The lowest BCUT2D eigenvalue weighted by Crippen LogP contribution is -2.23. The van der Waals surface area contributed by atoms with Gasteiger partial charge < -0.3 is 10.0 Å². The predicted octanol–water partition coefficient (Wildman–Crippen LogP) is 0.652. The van der Waals surface area contributed by atoms with Gasteiger partial charge in [-0.1, -0.05) is 0 Å². The van der Waals surface area contributed by atoms with Crippen molar-refractivity contribution in [2.45, 2.75) is 12.5 Å². The average Bonchev–Trinajstić information content (AvgIpc) is 2.53. The van der Waals surface area contributed by atoms with Crippen LogP contribution in [0, 0.1) is 3.57 Å². The molecule has 4 nitrogen and oxygen atoms in total. The second kappa shape index (κ2) is 3.75. The number of nitrogens with zero attached hydrogens (tertiary/aromatic N) is 3. The van der Waals surface area contributed by atoms with Crippen LogP contribution in [0.3, 0.4) is 0 Å². The molecule has 0 saturated carbocycles. The molecule has 0 unspecified atom stereocenters. The SMILES string of the molecule is O[C@@H]1CCN(c2ncncc2I)C1. The summed E-state index contributed by atoms with van der Waals surface area (Å²) in [5.74, 6) is 0.937. The van der Waals surface area contributed by atoms with E-state index in [9.17, 15) is 5.11 Å². The van der Waals surface area contributed by atoms with Crippen molar-refractivity contribution >= 4 is 28.4 Å². The van der Waals surface area contributed by atoms with Gasteiger partial charge in [0.2, 0.25) is 0 Å². The number of aromatic nitrogens is 2. The lowest BCUT2D eigenvalue weighted by atomic mass is 10.3. The Morgan fingerprint density at radius 1 is 1.62 bits per heavy atom. The van der Waals surface area contributed by atoms with Crippen LogP contribution in [0.15, 0.2) is 12.5 Å². The van der Waals surface area contributed by atoms with Gasteiger partial charge in [-0.2, -0.15) is 0 Å². The predicted molar refractivity (Wildman–Crippen MR) is 57.6 cm³/mol. The molecule has 0 aromatic carbocycles. The molecule has 1 aromatic rings. The van der Waals surface area contributed by atoms with E-state index in [1.165, 1.54) is 0 Å². The van der Waals surface area contributed by atoms with Crippen LogP contribution in [0.25, 0.3) is 0 Å².